The Hall–Kier alpha value is -3.15. The summed E-state index contributed by atoms with van der Waals surface area (Å²) in [5.41, 5.74) is 4.05. The Morgan fingerprint density at radius 2 is 1.86 bits per heavy atom. The zero-order valence-corrected chi connectivity index (χ0v) is 16.7. The van der Waals surface area contributed by atoms with Crippen molar-refractivity contribution >= 4 is 17.3 Å². The summed E-state index contributed by atoms with van der Waals surface area (Å²) in [5, 5.41) is 11.1. The Balaban J connectivity index is 1.29. The molecule has 1 aromatic heterocycles. The van der Waals surface area contributed by atoms with Crippen molar-refractivity contribution in [2.75, 3.05) is 23.3 Å². The predicted octanol–water partition coefficient (Wildman–Crippen LogP) is 4.61. The molecular formula is C23H26N4O2. The van der Waals surface area contributed by atoms with Crippen LogP contribution in [-0.4, -0.2) is 29.2 Å². The maximum atomic E-state index is 12.3. The molecule has 6 nitrogen and oxygen atoms in total. The zero-order chi connectivity index (χ0) is 20.1. The van der Waals surface area contributed by atoms with Crippen LogP contribution in [0.15, 0.2) is 52.9 Å². The summed E-state index contributed by atoms with van der Waals surface area (Å²) in [6, 6.07) is 16.0. The molecule has 0 atom stereocenters. The summed E-state index contributed by atoms with van der Waals surface area (Å²) in [6.07, 6.45) is 4.52. The number of anilines is 2. The second kappa shape index (κ2) is 8.90. The zero-order valence-electron chi connectivity index (χ0n) is 16.7. The maximum absolute atomic E-state index is 12.3. The van der Waals surface area contributed by atoms with Crippen molar-refractivity contribution in [1.82, 2.24) is 10.2 Å². The van der Waals surface area contributed by atoms with E-state index in [4.69, 9.17) is 4.42 Å². The van der Waals surface area contributed by atoms with Gasteiger partial charge in [-0.3, -0.25) is 4.79 Å². The van der Waals surface area contributed by atoms with E-state index in [1.165, 1.54) is 24.9 Å². The normalized spacial score (nSPS) is 14.0. The van der Waals surface area contributed by atoms with Gasteiger partial charge in [0.05, 0.1) is 0 Å². The molecule has 1 fully saturated rings. The molecule has 4 rings (SSSR count). The standard InChI is InChI=1S/C23H26N4O2/c1-17-6-5-7-18(16-17)23-26-25-22(29-23)13-12-21(28)24-19-8-10-20(11-9-19)27-14-3-2-4-15-27/h5-11,16H,2-4,12-15H2,1H3,(H,24,28). The van der Waals surface area contributed by atoms with Gasteiger partial charge >= 0.3 is 0 Å². The minimum absolute atomic E-state index is 0.0639. The summed E-state index contributed by atoms with van der Waals surface area (Å²) in [7, 11) is 0. The molecule has 1 aliphatic heterocycles. The van der Waals surface area contributed by atoms with Crippen molar-refractivity contribution in [2.45, 2.75) is 39.0 Å². The molecule has 3 aromatic rings. The summed E-state index contributed by atoms with van der Waals surface area (Å²) in [4.78, 5) is 14.7. The highest BCUT2D eigenvalue weighted by Crippen LogP contribution is 2.22. The first-order valence-electron chi connectivity index (χ1n) is 10.2. The van der Waals surface area contributed by atoms with E-state index in [1.54, 1.807) is 0 Å². The summed E-state index contributed by atoms with van der Waals surface area (Å²) < 4.78 is 5.70. The number of aryl methyl sites for hydroxylation is 2. The molecule has 2 heterocycles. The third-order valence-corrected chi connectivity index (χ3v) is 5.17. The molecule has 1 N–H and O–H groups in total. The molecule has 1 aliphatic rings. The van der Waals surface area contributed by atoms with Crippen molar-refractivity contribution in [1.29, 1.82) is 0 Å². The van der Waals surface area contributed by atoms with E-state index in [1.807, 2.05) is 43.3 Å². The highest BCUT2D eigenvalue weighted by Gasteiger charge is 2.12. The van der Waals surface area contributed by atoms with Crippen LogP contribution in [0.1, 0.15) is 37.1 Å². The highest BCUT2D eigenvalue weighted by molar-refractivity contribution is 5.90. The number of hydrogen-bond donors (Lipinski definition) is 1. The SMILES string of the molecule is Cc1cccc(-c2nnc(CCC(=O)Nc3ccc(N4CCCCC4)cc3)o2)c1. The molecule has 0 saturated carbocycles. The third kappa shape index (κ3) is 5.02. The fourth-order valence-corrected chi connectivity index (χ4v) is 3.60. The van der Waals surface area contributed by atoms with E-state index in [0.29, 0.717) is 24.6 Å². The molecule has 1 saturated heterocycles. The van der Waals surface area contributed by atoms with E-state index in [2.05, 4.69) is 32.5 Å². The van der Waals surface area contributed by atoms with Crippen LogP contribution in [-0.2, 0) is 11.2 Å². The molecule has 29 heavy (non-hydrogen) atoms. The second-order valence-electron chi connectivity index (χ2n) is 7.51. The van der Waals surface area contributed by atoms with Gasteiger partial charge < -0.3 is 14.6 Å². The first kappa shape index (κ1) is 19.2. The molecule has 0 unspecified atom stereocenters. The minimum atomic E-state index is -0.0639. The molecule has 0 radical (unpaired) electrons. The molecule has 6 heteroatoms. The maximum Gasteiger partial charge on any atom is 0.247 e. The molecule has 1 amide bonds. The quantitative estimate of drug-likeness (QED) is 0.666. The van der Waals surface area contributed by atoms with Gasteiger partial charge in [0.25, 0.3) is 0 Å². The van der Waals surface area contributed by atoms with Crippen LogP contribution in [0.25, 0.3) is 11.5 Å². The van der Waals surface area contributed by atoms with E-state index < -0.39 is 0 Å². The van der Waals surface area contributed by atoms with Crippen molar-refractivity contribution in [3.63, 3.8) is 0 Å². The van der Waals surface area contributed by atoms with Crippen LogP contribution < -0.4 is 10.2 Å². The Labute approximate surface area is 170 Å². The summed E-state index contributed by atoms with van der Waals surface area (Å²) >= 11 is 0. The number of amides is 1. The lowest BCUT2D eigenvalue weighted by Gasteiger charge is -2.28. The average Bonchev–Trinajstić information content (AvgIpc) is 3.23. The largest absolute Gasteiger partial charge is 0.421 e. The second-order valence-corrected chi connectivity index (χ2v) is 7.51. The van der Waals surface area contributed by atoms with Crippen LogP contribution >= 0.6 is 0 Å². The lowest BCUT2D eigenvalue weighted by molar-refractivity contribution is -0.116. The lowest BCUT2D eigenvalue weighted by Crippen LogP contribution is -2.29. The van der Waals surface area contributed by atoms with Crippen molar-refractivity contribution in [3.8, 4) is 11.5 Å². The summed E-state index contributed by atoms with van der Waals surface area (Å²) in [6.45, 7) is 4.24. The predicted molar refractivity (Wildman–Crippen MR) is 114 cm³/mol. The van der Waals surface area contributed by atoms with E-state index >= 15 is 0 Å². The lowest BCUT2D eigenvalue weighted by atomic mass is 10.1. The first-order valence-corrected chi connectivity index (χ1v) is 10.2. The number of hydrogen-bond acceptors (Lipinski definition) is 5. The Morgan fingerprint density at radius 3 is 2.62 bits per heavy atom. The van der Waals surface area contributed by atoms with E-state index in [0.717, 1.165) is 29.9 Å². The third-order valence-electron chi connectivity index (χ3n) is 5.17. The number of aromatic nitrogens is 2. The highest BCUT2D eigenvalue weighted by atomic mass is 16.4. The van der Waals surface area contributed by atoms with Gasteiger partial charge in [-0.1, -0.05) is 17.7 Å². The number of carbonyl (C=O) groups is 1. The minimum Gasteiger partial charge on any atom is -0.421 e. The van der Waals surface area contributed by atoms with Crippen LogP contribution in [0.4, 0.5) is 11.4 Å². The van der Waals surface area contributed by atoms with Gasteiger partial charge in [0.15, 0.2) is 0 Å². The Bertz CT molecular complexity index is 959. The van der Waals surface area contributed by atoms with Crippen molar-refractivity contribution in [3.05, 3.63) is 60.0 Å². The van der Waals surface area contributed by atoms with Crippen molar-refractivity contribution in [2.24, 2.45) is 0 Å². The van der Waals surface area contributed by atoms with Crippen LogP contribution in [0.3, 0.4) is 0 Å². The van der Waals surface area contributed by atoms with E-state index in [9.17, 15) is 4.79 Å². The number of piperidine rings is 1. The molecule has 2 aromatic carbocycles. The van der Waals surface area contributed by atoms with Crippen LogP contribution in [0.5, 0.6) is 0 Å². The van der Waals surface area contributed by atoms with Gasteiger partial charge in [-0.25, -0.2) is 0 Å². The van der Waals surface area contributed by atoms with Gasteiger partial charge in [0, 0.05) is 42.9 Å². The molecule has 150 valence electrons. The molecular weight excluding hydrogens is 364 g/mol. The number of rotatable bonds is 6. The smallest absolute Gasteiger partial charge is 0.247 e. The van der Waals surface area contributed by atoms with Gasteiger partial charge in [-0.05, 0) is 62.6 Å². The Kier molecular flexibility index (Phi) is 5.89. The Morgan fingerprint density at radius 1 is 1.07 bits per heavy atom. The average molecular weight is 390 g/mol. The van der Waals surface area contributed by atoms with Crippen LogP contribution in [0.2, 0.25) is 0 Å². The number of benzene rings is 2. The monoisotopic (exact) mass is 390 g/mol. The fraction of sp³-hybridized carbons (Fsp3) is 0.348. The van der Waals surface area contributed by atoms with Gasteiger partial charge in [0.2, 0.25) is 17.7 Å². The fourth-order valence-electron chi connectivity index (χ4n) is 3.60. The van der Waals surface area contributed by atoms with Gasteiger partial charge in [-0.2, -0.15) is 0 Å². The van der Waals surface area contributed by atoms with E-state index in [-0.39, 0.29) is 5.91 Å². The van der Waals surface area contributed by atoms with Gasteiger partial charge in [0.1, 0.15) is 0 Å². The topological polar surface area (TPSA) is 71.3 Å². The number of nitrogens with one attached hydrogen (secondary N) is 1. The van der Waals surface area contributed by atoms with Crippen molar-refractivity contribution < 1.29 is 9.21 Å². The number of carbonyl (C=O) groups excluding carboxylic acids is 1. The number of nitrogens with zero attached hydrogens (tertiary/aromatic N) is 3. The van der Waals surface area contributed by atoms with Gasteiger partial charge in [-0.15, -0.1) is 10.2 Å². The van der Waals surface area contributed by atoms with Crippen LogP contribution in [0, 0.1) is 6.92 Å². The molecule has 0 aliphatic carbocycles. The first-order chi connectivity index (χ1) is 14.2. The summed E-state index contributed by atoms with van der Waals surface area (Å²) in [5.74, 6) is 0.889. The molecule has 0 bridgehead atoms. The molecule has 0 spiro atoms.